The van der Waals surface area contributed by atoms with Gasteiger partial charge in [0.15, 0.2) is 0 Å². The predicted octanol–water partition coefficient (Wildman–Crippen LogP) is 4.19. The van der Waals surface area contributed by atoms with E-state index in [1.165, 1.54) is 11.3 Å². The third-order valence-corrected chi connectivity index (χ3v) is 3.53. The molecule has 0 amide bonds. The van der Waals surface area contributed by atoms with Gasteiger partial charge < -0.3 is 4.90 Å². The summed E-state index contributed by atoms with van der Waals surface area (Å²) in [6, 6.07) is 11.8. The molecular weight excluding hydrogens is 296 g/mol. The van der Waals surface area contributed by atoms with Crippen LogP contribution in [-0.2, 0) is 0 Å². The van der Waals surface area contributed by atoms with Crippen molar-refractivity contribution in [2.24, 2.45) is 10.2 Å². The van der Waals surface area contributed by atoms with Crippen LogP contribution in [0.25, 0.3) is 0 Å². The number of azo groups is 1. The minimum atomic E-state index is 0.428. The third kappa shape index (κ3) is 4.65. The summed E-state index contributed by atoms with van der Waals surface area (Å²) >= 11 is 1.43. The van der Waals surface area contributed by atoms with E-state index in [1.54, 1.807) is 6.20 Å². The van der Waals surface area contributed by atoms with Gasteiger partial charge in [-0.05, 0) is 24.3 Å². The normalized spacial score (nSPS) is 10.3. The molecule has 0 fully saturated rings. The number of rotatable bonds is 7. The first kappa shape index (κ1) is 15.6. The molecule has 2 aromatic rings. The molecule has 0 saturated carbocycles. The number of aromatic nitrogens is 1. The van der Waals surface area contributed by atoms with Crippen LogP contribution >= 0.6 is 11.3 Å². The smallest absolute Gasteiger partial charge is 0.229 e. The maximum atomic E-state index is 8.72. The Morgan fingerprint density at radius 2 is 1.73 bits per heavy atom. The molecule has 7 heteroatoms. The lowest BCUT2D eigenvalue weighted by Gasteiger charge is -2.22. The fourth-order valence-electron chi connectivity index (χ4n) is 1.84. The Hall–Kier alpha value is -2.77. The highest BCUT2D eigenvalue weighted by Crippen LogP contribution is 2.23. The van der Waals surface area contributed by atoms with Gasteiger partial charge in [-0.3, -0.25) is 0 Å². The van der Waals surface area contributed by atoms with E-state index >= 15 is 0 Å². The number of benzene rings is 1. The van der Waals surface area contributed by atoms with Crippen molar-refractivity contribution in [1.29, 1.82) is 10.5 Å². The standard InChI is InChI=1S/C15H14N6S/c16-7-1-10-21(11-2-8-17)14-5-3-13(4-6-14)19-20-15-18-9-12-22-15/h3-6,9,12H,1-2,10-11H2. The first-order valence-electron chi connectivity index (χ1n) is 6.73. The van der Waals surface area contributed by atoms with Crippen LogP contribution in [0.3, 0.4) is 0 Å². The van der Waals surface area contributed by atoms with E-state index in [1.807, 2.05) is 34.5 Å². The van der Waals surface area contributed by atoms with Gasteiger partial charge in [0.25, 0.3) is 0 Å². The first-order valence-corrected chi connectivity index (χ1v) is 7.61. The second-order valence-electron chi connectivity index (χ2n) is 4.33. The molecule has 6 nitrogen and oxygen atoms in total. The Morgan fingerprint density at radius 3 is 2.27 bits per heavy atom. The summed E-state index contributed by atoms with van der Waals surface area (Å²) in [5.41, 5.74) is 1.71. The SMILES string of the molecule is N#CCCN(CCC#N)c1ccc(N=Nc2nccs2)cc1. The molecule has 0 aliphatic carbocycles. The van der Waals surface area contributed by atoms with Crippen LogP contribution in [0.2, 0.25) is 0 Å². The molecule has 0 spiro atoms. The van der Waals surface area contributed by atoms with Crippen molar-refractivity contribution in [3.63, 3.8) is 0 Å². The van der Waals surface area contributed by atoms with Gasteiger partial charge in [0.2, 0.25) is 5.13 Å². The number of thiazole rings is 1. The van der Waals surface area contributed by atoms with Crippen LogP contribution < -0.4 is 4.90 Å². The molecule has 1 aromatic heterocycles. The molecule has 0 N–H and O–H groups in total. The molecular formula is C15H14N6S. The fraction of sp³-hybridized carbons (Fsp3) is 0.267. The largest absolute Gasteiger partial charge is 0.369 e. The number of nitriles is 2. The lowest BCUT2D eigenvalue weighted by atomic mass is 10.2. The van der Waals surface area contributed by atoms with E-state index in [0.29, 0.717) is 31.1 Å². The highest BCUT2D eigenvalue weighted by molar-refractivity contribution is 7.13. The molecule has 22 heavy (non-hydrogen) atoms. The second kappa shape index (κ2) is 8.50. The van der Waals surface area contributed by atoms with Crippen LogP contribution in [0.5, 0.6) is 0 Å². The summed E-state index contributed by atoms with van der Waals surface area (Å²) in [5, 5.41) is 28.1. The molecule has 110 valence electrons. The number of hydrogen-bond donors (Lipinski definition) is 0. The topological polar surface area (TPSA) is 88.4 Å². The van der Waals surface area contributed by atoms with Crippen molar-refractivity contribution < 1.29 is 0 Å². The summed E-state index contributed by atoms with van der Waals surface area (Å²) in [7, 11) is 0. The van der Waals surface area contributed by atoms with E-state index in [4.69, 9.17) is 10.5 Å². The average Bonchev–Trinajstić information content (AvgIpc) is 3.07. The lowest BCUT2D eigenvalue weighted by Crippen LogP contribution is -2.25. The van der Waals surface area contributed by atoms with Crippen LogP contribution in [0.4, 0.5) is 16.5 Å². The lowest BCUT2D eigenvalue weighted by molar-refractivity contribution is 0.796. The third-order valence-electron chi connectivity index (χ3n) is 2.87. The van der Waals surface area contributed by atoms with Gasteiger partial charge in [-0.15, -0.1) is 21.6 Å². The zero-order chi connectivity index (χ0) is 15.6. The number of anilines is 1. The van der Waals surface area contributed by atoms with Crippen molar-refractivity contribution in [2.45, 2.75) is 12.8 Å². The molecule has 0 bridgehead atoms. The summed E-state index contributed by atoms with van der Waals surface area (Å²) in [5.74, 6) is 0. The summed E-state index contributed by atoms with van der Waals surface area (Å²) in [4.78, 5) is 6.06. The van der Waals surface area contributed by atoms with Crippen LogP contribution in [0.15, 0.2) is 46.1 Å². The zero-order valence-corrected chi connectivity index (χ0v) is 12.7. The fourth-order valence-corrected chi connectivity index (χ4v) is 2.29. The maximum absolute atomic E-state index is 8.72. The molecule has 0 radical (unpaired) electrons. The highest BCUT2D eigenvalue weighted by atomic mass is 32.1. The van der Waals surface area contributed by atoms with Gasteiger partial charge in [0, 0.05) is 30.4 Å². The molecule has 1 heterocycles. The van der Waals surface area contributed by atoms with Gasteiger partial charge in [0.1, 0.15) is 0 Å². The Kier molecular flexibility index (Phi) is 6.03. The average molecular weight is 310 g/mol. The van der Waals surface area contributed by atoms with Crippen LogP contribution in [0, 0.1) is 22.7 Å². The maximum Gasteiger partial charge on any atom is 0.229 e. The Labute approximate surface area is 133 Å². The zero-order valence-electron chi connectivity index (χ0n) is 11.9. The molecule has 0 aliphatic heterocycles. The van der Waals surface area contributed by atoms with Crippen molar-refractivity contribution >= 4 is 27.8 Å². The first-order chi connectivity index (χ1) is 10.8. The van der Waals surface area contributed by atoms with Crippen molar-refractivity contribution in [3.8, 4) is 12.1 Å². The van der Waals surface area contributed by atoms with E-state index < -0.39 is 0 Å². The molecule has 0 aliphatic rings. The highest BCUT2D eigenvalue weighted by Gasteiger charge is 2.06. The van der Waals surface area contributed by atoms with Gasteiger partial charge in [-0.25, -0.2) is 4.98 Å². The van der Waals surface area contributed by atoms with E-state index in [-0.39, 0.29) is 0 Å². The van der Waals surface area contributed by atoms with Crippen molar-refractivity contribution in [1.82, 2.24) is 4.98 Å². The predicted molar refractivity (Wildman–Crippen MR) is 85.4 cm³/mol. The van der Waals surface area contributed by atoms with Gasteiger partial charge >= 0.3 is 0 Å². The van der Waals surface area contributed by atoms with Gasteiger partial charge in [0.05, 0.1) is 30.7 Å². The van der Waals surface area contributed by atoms with Crippen LogP contribution in [0.1, 0.15) is 12.8 Å². The molecule has 0 unspecified atom stereocenters. The van der Waals surface area contributed by atoms with E-state index in [2.05, 4.69) is 27.4 Å². The molecule has 1 aromatic carbocycles. The summed E-state index contributed by atoms with van der Waals surface area (Å²) in [6.07, 6.45) is 2.54. The quantitative estimate of drug-likeness (QED) is 0.717. The van der Waals surface area contributed by atoms with Crippen LogP contribution in [-0.4, -0.2) is 18.1 Å². The molecule has 0 saturated heterocycles. The summed E-state index contributed by atoms with van der Waals surface area (Å²) in [6.45, 7) is 1.22. The molecule has 2 rings (SSSR count). The molecule has 0 atom stereocenters. The monoisotopic (exact) mass is 310 g/mol. The second-order valence-corrected chi connectivity index (χ2v) is 5.21. The summed E-state index contributed by atoms with van der Waals surface area (Å²) < 4.78 is 0. The Bertz CT molecular complexity index is 660. The van der Waals surface area contributed by atoms with E-state index in [0.717, 1.165) is 11.4 Å². The Morgan fingerprint density at radius 1 is 1.05 bits per heavy atom. The minimum absolute atomic E-state index is 0.428. The van der Waals surface area contributed by atoms with Gasteiger partial charge in [-0.2, -0.15) is 10.5 Å². The number of hydrogen-bond acceptors (Lipinski definition) is 7. The van der Waals surface area contributed by atoms with Crippen molar-refractivity contribution in [3.05, 3.63) is 35.8 Å². The Balaban J connectivity index is 2.05. The minimum Gasteiger partial charge on any atom is -0.369 e. The van der Waals surface area contributed by atoms with Gasteiger partial charge in [-0.1, -0.05) is 0 Å². The number of nitrogens with zero attached hydrogens (tertiary/aromatic N) is 6. The van der Waals surface area contributed by atoms with E-state index in [9.17, 15) is 0 Å². The van der Waals surface area contributed by atoms with Crippen molar-refractivity contribution in [2.75, 3.05) is 18.0 Å².